The van der Waals surface area contributed by atoms with Gasteiger partial charge in [-0.2, -0.15) is 0 Å². The molecule has 0 aliphatic heterocycles. The Morgan fingerprint density at radius 1 is 0.312 bits per heavy atom. The summed E-state index contributed by atoms with van der Waals surface area (Å²) in [6.07, 6.45) is 63.0. The predicted molar refractivity (Wildman–Crippen MR) is 275 cm³/mol. The second-order valence-corrected chi connectivity index (χ2v) is 18.9. The summed E-state index contributed by atoms with van der Waals surface area (Å²) < 4.78 is 16.7. The Balaban J connectivity index is 4.14. The summed E-state index contributed by atoms with van der Waals surface area (Å²) in [6.45, 7) is 6.60. The average Bonchev–Trinajstić information content (AvgIpc) is 3.29. The highest BCUT2D eigenvalue weighted by Gasteiger charge is 2.19. The van der Waals surface area contributed by atoms with E-state index in [0.717, 1.165) is 77.0 Å². The Labute approximate surface area is 397 Å². The number of hydrogen-bond acceptors (Lipinski definition) is 6. The molecule has 0 N–H and O–H groups in total. The third-order valence-corrected chi connectivity index (χ3v) is 12.4. The van der Waals surface area contributed by atoms with Gasteiger partial charge >= 0.3 is 17.9 Å². The molecule has 374 valence electrons. The van der Waals surface area contributed by atoms with Crippen LogP contribution in [0.15, 0.2) is 36.5 Å². The first-order valence-corrected chi connectivity index (χ1v) is 28.0. The van der Waals surface area contributed by atoms with Crippen LogP contribution in [-0.2, 0) is 28.6 Å². The van der Waals surface area contributed by atoms with Crippen molar-refractivity contribution < 1.29 is 28.6 Å². The van der Waals surface area contributed by atoms with Crippen LogP contribution in [0.5, 0.6) is 0 Å². The van der Waals surface area contributed by atoms with E-state index in [1.54, 1.807) is 0 Å². The number of carbonyl (C=O) groups is 3. The van der Waals surface area contributed by atoms with Gasteiger partial charge in [0.25, 0.3) is 0 Å². The average molecular weight is 899 g/mol. The molecule has 0 aliphatic rings. The Morgan fingerprint density at radius 3 is 0.875 bits per heavy atom. The van der Waals surface area contributed by atoms with Gasteiger partial charge in [0.05, 0.1) is 0 Å². The van der Waals surface area contributed by atoms with E-state index < -0.39 is 6.10 Å². The molecular weight excluding hydrogens is 793 g/mol. The van der Waals surface area contributed by atoms with Crippen LogP contribution in [0.2, 0.25) is 0 Å². The molecule has 0 aromatic rings. The molecule has 6 heteroatoms. The van der Waals surface area contributed by atoms with Crippen molar-refractivity contribution in [1.29, 1.82) is 0 Å². The van der Waals surface area contributed by atoms with E-state index in [4.69, 9.17) is 14.2 Å². The Hall–Kier alpha value is -2.37. The smallest absolute Gasteiger partial charge is 0.306 e. The monoisotopic (exact) mass is 899 g/mol. The standard InChI is InChI=1S/C58H106O6/c1-4-7-10-13-16-18-20-22-24-26-27-28-29-30-31-33-34-36-38-40-42-45-48-51-57(60)63-54-55(53-62-56(59)50-47-44-15-12-9-6-3)64-58(61)52-49-46-43-41-39-37-35-32-25-23-21-19-17-14-11-8-5-2/h20,22,26-27,29-30,55H,4-19,21,23-25,28,31-54H2,1-3H3/b22-20-,27-26-,30-29-. The summed E-state index contributed by atoms with van der Waals surface area (Å²) in [5.41, 5.74) is 0. The molecule has 1 atom stereocenters. The van der Waals surface area contributed by atoms with Crippen LogP contribution in [0.4, 0.5) is 0 Å². The van der Waals surface area contributed by atoms with Gasteiger partial charge in [-0.15, -0.1) is 0 Å². The Bertz CT molecular complexity index is 1080. The van der Waals surface area contributed by atoms with E-state index in [0.29, 0.717) is 19.3 Å². The molecule has 0 aromatic heterocycles. The first-order valence-electron chi connectivity index (χ1n) is 28.0. The van der Waals surface area contributed by atoms with Gasteiger partial charge in [-0.1, -0.05) is 256 Å². The van der Waals surface area contributed by atoms with E-state index in [-0.39, 0.29) is 31.1 Å². The molecule has 0 fully saturated rings. The fourth-order valence-corrected chi connectivity index (χ4v) is 8.16. The van der Waals surface area contributed by atoms with E-state index in [2.05, 4.69) is 57.2 Å². The second-order valence-electron chi connectivity index (χ2n) is 18.9. The van der Waals surface area contributed by atoms with Crippen molar-refractivity contribution in [2.75, 3.05) is 13.2 Å². The number of allylic oxidation sites excluding steroid dienone is 6. The topological polar surface area (TPSA) is 78.9 Å². The van der Waals surface area contributed by atoms with Gasteiger partial charge in [-0.3, -0.25) is 14.4 Å². The molecule has 0 heterocycles. The van der Waals surface area contributed by atoms with Gasteiger partial charge < -0.3 is 14.2 Å². The maximum atomic E-state index is 12.8. The molecular formula is C58H106O6. The number of esters is 3. The normalized spacial score (nSPS) is 12.2. The lowest BCUT2D eigenvalue weighted by molar-refractivity contribution is -0.167. The number of hydrogen-bond donors (Lipinski definition) is 0. The zero-order valence-corrected chi connectivity index (χ0v) is 42.8. The summed E-state index contributed by atoms with van der Waals surface area (Å²) in [4.78, 5) is 37.8. The van der Waals surface area contributed by atoms with Crippen molar-refractivity contribution in [3.05, 3.63) is 36.5 Å². The summed E-state index contributed by atoms with van der Waals surface area (Å²) in [6, 6.07) is 0. The van der Waals surface area contributed by atoms with Crippen molar-refractivity contribution in [2.24, 2.45) is 0 Å². The Kier molecular flexibility index (Phi) is 51.3. The molecule has 1 unspecified atom stereocenters. The van der Waals surface area contributed by atoms with Gasteiger partial charge in [0.1, 0.15) is 13.2 Å². The first-order chi connectivity index (χ1) is 31.5. The molecule has 0 bridgehead atoms. The maximum Gasteiger partial charge on any atom is 0.306 e. The molecule has 0 saturated carbocycles. The van der Waals surface area contributed by atoms with Crippen LogP contribution in [-0.4, -0.2) is 37.2 Å². The minimum atomic E-state index is -0.768. The van der Waals surface area contributed by atoms with Crippen LogP contribution in [0.1, 0.15) is 297 Å². The second kappa shape index (κ2) is 53.2. The third-order valence-electron chi connectivity index (χ3n) is 12.4. The highest BCUT2D eigenvalue weighted by atomic mass is 16.6. The van der Waals surface area contributed by atoms with Gasteiger partial charge in [-0.05, 0) is 57.8 Å². The third kappa shape index (κ3) is 50.6. The first kappa shape index (κ1) is 61.6. The van der Waals surface area contributed by atoms with Crippen LogP contribution in [0.25, 0.3) is 0 Å². The zero-order chi connectivity index (χ0) is 46.5. The lowest BCUT2D eigenvalue weighted by Gasteiger charge is -2.18. The van der Waals surface area contributed by atoms with Crippen LogP contribution < -0.4 is 0 Å². The molecule has 64 heavy (non-hydrogen) atoms. The largest absolute Gasteiger partial charge is 0.462 e. The molecule has 0 saturated heterocycles. The highest BCUT2D eigenvalue weighted by molar-refractivity contribution is 5.71. The summed E-state index contributed by atoms with van der Waals surface area (Å²) in [5.74, 6) is -0.874. The van der Waals surface area contributed by atoms with Gasteiger partial charge in [-0.25, -0.2) is 0 Å². The van der Waals surface area contributed by atoms with Crippen LogP contribution in [0.3, 0.4) is 0 Å². The summed E-state index contributed by atoms with van der Waals surface area (Å²) in [7, 11) is 0. The summed E-state index contributed by atoms with van der Waals surface area (Å²) >= 11 is 0. The van der Waals surface area contributed by atoms with Crippen LogP contribution in [0, 0.1) is 0 Å². The van der Waals surface area contributed by atoms with E-state index in [9.17, 15) is 14.4 Å². The van der Waals surface area contributed by atoms with Crippen molar-refractivity contribution in [3.8, 4) is 0 Å². The van der Waals surface area contributed by atoms with Crippen molar-refractivity contribution in [2.45, 2.75) is 303 Å². The summed E-state index contributed by atoms with van der Waals surface area (Å²) in [5, 5.41) is 0. The Morgan fingerprint density at radius 2 is 0.562 bits per heavy atom. The molecule has 0 aromatic carbocycles. The quantitative estimate of drug-likeness (QED) is 0.0262. The van der Waals surface area contributed by atoms with E-state index in [1.807, 2.05) is 0 Å². The highest BCUT2D eigenvalue weighted by Crippen LogP contribution is 2.16. The maximum absolute atomic E-state index is 12.8. The van der Waals surface area contributed by atoms with Gasteiger partial charge in [0.2, 0.25) is 0 Å². The van der Waals surface area contributed by atoms with Crippen molar-refractivity contribution in [3.63, 3.8) is 0 Å². The molecule has 0 amide bonds. The minimum absolute atomic E-state index is 0.0716. The van der Waals surface area contributed by atoms with Gasteiger partial charge in [0.15, 0.2) is 6.10 Å². The van der Waals surface area contributed by atoms with Crippen LogP contribution >= 0.6 is 0 Å². The number of carbonyl (C=O) groups excluding carboxylic acids is 3. The number of ether oxygens (including phenoxy) is 3. The fraction of sp³-hybridized carbons (Fsp3) is 0.845. The lowest BCUT2D eigenvalue weighted by atomic mass is 10.0. The molecule has 0 radical (unpaired) electrons. The predicted octanol–water partition coefficient (Wildman–Crippen LogP) is 18.5. The van der Waals surface area contributed by atoms with Crippen molar-refractivity contribution in [1.82, 2.24) is 0 Å². The zero-order valence-electron chi connectivity index (χ0n) is 42.8. The molecule has 0 spiro atoms. The lowest BCUT2D eigenvalue weighted by Crippen LogP contribution is -2.30. The fourth-order valence-electron chi connectivity index (χ4n) is 8.16. The molecule has 0 aliphatic carbocycles. The molecule has 0 rings (SSSR count). The van der Waals surface area contributed by atoms with E-state index >= 15 is 0 Å². The molecule has 6 nitrogen and oxygen atoms in total. The number of rotatable bonds is 51. The SMILES string of the molecule is CCCCCCC/C=C\C/C=C\C/C=C\CCCCCCCCCCC(=O)OCC(COC(=O)CCCCCCCC)OC(=O)CCCCCCCCCCCCCCCCCCC. The van der Waals surface area contributed by atoms with Gasteiger partial charge in [0, 0.05) is 19.3 Å². The number of unbranched alkanes of at least 4 members (excludes halogenated alkanes) is 34. The minimum Gasteiger partial charge on any atom is -0.462 e. The van der Waals surface area contributed by atoms with E-state index in [1.165, 1.54) is 180 Å². The van der Waals surface area contributed by atoms with Crippen molar-refractivity contribution >= 4 is 17.9 Å².